The number of rotatable bonds is 12. The molecule has 0 bridgehead atoms. The standard InChI is InChI=1S/C36H40O9/c1-5-33(37)41-18-6-7-19-42-36(40)44-29-14-11-25(12-15-29)34(38)43-30-16-13-26-21-28(10-9-27(26)22-30)35(39)45-32-20-24(4)8-17-31(32)23(2)3/h5,9-16,21-24,31-32H,1,6-8,17-20H2,2-4H3. The van der Waals surface area contributed by atoms with Gasteiger partial charge in [-0.25, -0.2) is 19.2 Å². The van der Waals surface area contributed by atoms with Crippen LogP contribution in [0.2, 0.25) is 0 Å². The van der Waals surface area contributed by atoms with Crippen LogP contribution in [-0.2, 0) is 19.0 Å². The zero-order valence-corrected chi connectivity index (χ0v) is 26.0. The van der Waals surface area contributed by atoms with Crippen LogP contribution >= 0.6 is 0 Å². The fourth-order valence-electron chi connectivity index (χ4n) is 5.41. The fourth-order valence-corrected chi connectivity index (χ4v) is 5.41. The summed E-state index contributed by atoms with van der Waals surface area (Å²) < 4.78 is 26.5. The summed E-state index contributed by atoms with van der Waals surface area (Å²) in [7, 11) is 0. The summed E-state index contributed by atoms with van der Waals surface area (Å²) in [6, 6.07) is 16.4. The molecule has 0 N–H and O–H groups in total. The highest BCUT2D eigenvalue weighted by atomic mass is 16.7. The summed E-state index contributed by atoms with van der Waals surface area (Å²) in [5.41, 5.74) is 0.755. The molecule has 0 amide bonds. The Bertz CT molecular complexity index is 1510. The molecule has 0 aliphatic heterocycles. The van der Waals surface area contributed by atoms with Gasteiger partial charge >= 0.3 is 24.1 Å². The SMILES string of the molecule is C=CC(=O)OCCCCOC(=O)Oc1ccc(C(=O)Oc2ccc3cc(C(=O)OC4CC(C)CCC4C(C)C)ccc3c2)cc1. The molecule has 9 nitrogen and oxygen atoms in total. The molecule has 1 aliphatic carbocycles. The Morgan fingerprint density at radius 1 is 0.800 bits per heavy atom. The van der Waals surface area contributed by atoms with Crippen molar-refractivity contribution in [2.45, 2.75) is 59.0 Å². The maximum atomic E-state index is 13.1. The summed E-state index contributed by atoms with van der Waals surface area (Å²) >= 11 is 0. The number of carbonyl (C=O) groups is 4. The summed E-state index contributed by atoms with van der Waals surface area (Å²) in [6.45, 7) is 10.2. The first-order chi connectivity index (χ1) is 21.6. The summed E-state index contributed by atoms with van der Waals surface area (Å²) in [5.74, 6) is 0.509. The maximum absolute atomic E-state index is 13.1. The summed E-state index contributed by atoms with van der Waals surface area (Å²) in [6.07, 6.45) is 4.26. The minimum absolute atomic E-state index is 0.0774. The molecule has 1 saturated carbocycles. The van der Waals surface area contributed by atoms with Crippen molar-refractivity contribution in [2.75, 3.05) is 13.2 Å². The second-order valence-corrected chi connectivity index (χ2v) is 11.7. The van der Waals surface area contributed by atoms with Crippen LogP contribution < -0.4 is 9.47 Å². The molecule has 238 valence electrons. The Kier molecular flexibility index (Phi) is 11.7. The molecule has 0 spiro atoms. The lowest BCUT2D eigenvalue weighted by Crippen LogP contribution is -2.35. The van der Waals surface area contributed by atoms with E-state index >= 15 is 0 Å². The van der Waals surface area contributed by atoms with E-state index in [0.29, 0.717) is 41.9 Å². The molecule has 1 aliphatic rings. The smallest absolute Gasteiger partial charge is 0.463 e. The number of hydrogen-bond acceptors (Lipinski definition) is 9. The van der Waals surface area contributed by atoms with Crippen molar-refractivity contribution in [1.82, 2.24) is 0 Å². The lowest BCUT2D eigenvalue weighted by Gasteiger charge is -2.36. The van der Waals surface area contributed by atoms with E-state index in [1.165, 1.54) is 24.3 Å². The molecule has 45 heavy (non-hydrogen) atoms. The van der Waals surface area contributed by atoms with Gasteiger partial charge in [0.25, 0.3) is 0 Å². The third-order valence-electron chi connectivity index (χ3n) is 7.94. The fraction of sp³-hybridized carbons (Fsp3) is 0.389. The minimum atomic E-state index is -0.885. The Labute approximate surface area is 263 Å². The van der Waals surface area contributed by atoms with Crippen LogP contribution in [0.1, 0.15) is 73.6 Å². The first kappa shape index (κ1) is 33.2. The van der Waals surface area contributed by atoms with Gasteiger partial charge in [-0.05, 0) is 103 Å². The lowest BCUT2D eigenvalue weighted by molar-refractivity contribution is -0.137. The molecule has 0 heterocycles. The van der Waals surface area contributed by atoms with Crippen molar-refractivity contribution < 1.29 is 42.9 Å². The van der Waals surface area contributed by atoms with Crippen LogP contribution in [0.4, 0.5) is 4.79 Å². The van der Waals surface area contributed by atoms with E-state index in [4.69, 9.17) is 23.7 Å². The number of esters is 3. The van der Waals surface area contributed by atoms with Crippen LogP contribution in [-0.4, -0.2) is 43.4 Å². The van der Waals surface area contributed by atoms with E-state index in [2.05, 4.69) is 27.4 Å². The Morgan fingerprint density at radius 2 is 1.44 bits per heavy atom. The van der Waals surface area contributed by atoms with Gasteiger partial charge in [-0.2, -0.15) is 0 Å². The van der Waals surface area contributed by atoms with Gasteiger partial charge in [0.05, 0.1) is 24.3 Å². The number of hydrogen-bond donors (Lipinski definition) is 0. The Morgan fingerprint density at radius 3 is 2.16 bits per heavy atom. The Balaban J connectivity index is 1.27. The molecule has 9 heteroatoms. The number of fused-ring (bicyclic) bond motifs is 1. The molecule has 0 aromatic heterocycles. The molecule has 1 fully saturated rings. The van der Waals surface area contributed by atoms with Crippen LogP contribution in [0.25, 0.3) is 10.8 Å². The molecule has 3 atom stereocenters. The first-order valence-corrected chi connectivity index (χ1v) is 15.3. The number of carbonyl (C=O) groups excluding carboxylic acids is 4. The number of unbranched alkanes of at least 4 members (excludes halogenated alkanes) is 1. The van der Waals surface area contributed by atoms with Gasteiger partial charge in [-0.1, -0.05) is 45.9 Å². The van der Waals surface area contributed by atoms with Crippen molar-refractivity contribution in [3.8, 4) is 11.5 Å². The molecular weight excluding hydrogens is 576 g/mol. The molecular formula is C36H40O9. The topological polar surface area (TPSA) is 114 Å². The maximum Gasteiger partial charge on any atom is 0.513 e. The summed E-state index contributed by atoms with van der Waals surface area (Å²) in [4.78, 5) is 48.7. The van der Waals surface area contributed by atoms with Crippen LogP contribution in [0.5, 0.6) is 11.5 Å². The third kappa shape index (κ3) is 9.66. The zero-order valence-electron chi connectivity index (χ0n) is 26.0. The highest BCUT2D eigenvalue weighted by molar-refractivity contribution is 5.96. The molecule has 4 rings (SSSR count). The van der Waals surface area contributed by atoms with Crippen molar-refractivity contribution in [3.63, 3.8) is 0 Å². The normalized spacial score (nSPS) is 17.7. The van der Waals surface area contributed by atoms with E-state index in [1.807, 2.05) is 6.07 Å². The molecule has 3 aromatic carbocycles. The zero-order chi connectivity index (χ0) is 32.3. The monoisotopic (exact) mass is 616 g/mol. The molecule has 3 aromatic rings. The van der Waals surface area contributed by atoms with Gasteiger partial charge < -0.3 is 23.7 Å². The number of benzene rings is 3. The van der Waals surface area contributed by atoms with E-state index in [-0.39, 0.29) is 36.6 Å². The molecule has 3 unspecified atom stereocenters. The van der Waals surface area contributed by atoms with Crippen LogP contribution in [0.3, 0.4) is 0 Å². The van der Waals surface area contributed by atoms with Crippen molar-refractivity contribution in [3.05, 3.63) is 84.4 Å². The molecule has 0 radical (unpaired) electrons. The third-order valence-corrected chi connectivity index (χ3v) is 7.94. The van der Waals surface area contributed by atoms with Gasteiger partial charge in [0.15, 0.2) is 0 Å². The average Bonchev–Trinajstić information content (AvgIpc) is 3.02. The second-order valence-electron chi connectivity index (χ2n) is 11.7. The van der Waals surface area contributed by atoms with Crippen molar-refractivity contribution in [2.24, 2.45) is 17.8 Å². The first-order valence-electron chi connectivity index (χ1n) is 15.3. The van der Waals surface area contributed by atoms with E-state index in [9.17, 15) is 19.2 Å². The quantitative estimate of drug-likeness (QED) is 0.0504. The highest BCUT2D eigenvalue weighted by Gasteiger charge is 2.33. The van der Waals surface area contributed by atoms with Gasteiger partial charge in [-0.3, -0.25) is 0 Å². The largest absolute Gasteiger partial charge is 0.513 e. The van der Waals surface area contributed by atoms with Gasteiger partial charge in [0, 0.05) is 6.08 Å². The van der Waals surface area contributed by atoms with E-state index in [0.717, 1.165) is 36.1 Å². The highest BCUT2D eigenvalue weighted by Crippen LogP contribution is 2.36. The van der Waals surface area contributed by atoms with Crippen molar-refractivity contribution >= 4 is 34.8 Å². The van der Waals surface area contributed by atoms with E-state index in [1.54, 1.807) is 30.3 Å². The van der Waals surface area contributed by atoms with Gasteiger partial charge in [0.2, 0.25) is 0 Å². The number of ether oxygens (including phenoxy) is 5. The summed E-state index contributed by atoms with van der Waals surface area (Å²) in [5, 5.41) is 1.63. The Hall–Kier alpha value is -4.66. The second kappa shape index (κ2) is 15.9. The molecule has 0 saturated heterocycles. The van der Waals surface area contributed by atoms with Gasteiger partial charge in [0.1, 0.15) is 17.6 Å². The van der Waals surface area contributed by atoms with Crippen LogP contribution in [0, 0.1) is 17.8 Å². The predicted molar refractivity (Wildman–Crippen MR) is 168 cm³/mol. The predicted octanol–water partition coefficient (Wildman–Crippen LogP) is 7.70. The van der Waals surface area contributed by atoms with Crippen molar-refractivity contribution in [1.29, 1.82) is 0 Å². The van der Waals surface area contributed by atoms with Crippen LogP contribution in [0.15, 0.2) is 73.3 Å². The van der Waals surface area contributed by atoms with Gasteiger partial charge in [-0.15, -0.1) is 0 Å². The average molecular weight is 617 g/mol. The lowest BCUT2D eigenvalue weighted by atomic mass is 9.75. The minimum Gasteiger partial charge on any atom is -0.463 e. The van der Waals surface area contributed by atoms with E-state index < -0.39 is 18.1 Å².